The standard InChI is InChI=1S/C29H48O6S/c1-3-4-5-6-9-14-23(30)18-19-25-24(15-10-7-8-11-16-28(32)34-22-36-2)26(31)21-27(25)35-29-17-12-13-20-33-29/h7,10,24-25,27,29H,3-6,8-9,11-22H2,1-2H3/t24-,25-,27-,29?/m1/s1. The van der Waals surface area contributed by atoms with Gasteiger partial charge in [0, 0.05) is 38.2 Å². The van der Waals surface area contributed by atoms with Gasteiger partial charge >= 0.3 is 5.97 Å². The van der Waals surface area contributed by atoms with Crippen molar-refractivity contribution in [2.75, 3.05) is 18.8 Å². The van der Waals surface area contributed by atoms with E-state index in [0.717, 1.165) is 44.9 Å². The van der Waals surface area contributed by atoms with Crippen LogP contribution in [0.5, 0.6) is 0 Å². The average molecular weight is 525 g/mol. The lowest BCUT2D eigenvalue weighted by Crippen LogP contribution is -2.31. The summed E-state index contributed by atoms with van der Waals surface area (Å²) >= 11 is 1.49. The molecule has 0 aromatic carbocycles. The Morgan fingerprint density at radius 3 is 2.64 bits per heavy atom. The maximum Gasteiger partial charge on any atom is 0.306 e. The van der Waals surface area contributed by atoms with E-state index in [2.05, 4.69) is 19.1 Å². The van der Waals surface area contributed by atoms with Crippen molar-refractivity contribution < 1.29 is 28.6 Å². The minimum absolute atomic E-state index is 0.0539. The van der Waals surface area contributed by atoms with Crippen molar-refractivity contribution in [2.45, 2.75) is 122 Å². The average Bonchev–Trinajstić information content (AvgIpc) is 3.17. The second-order valence-corrected chi connectivity index (χ2v) is 11.0. The minimum Gasteiger partial charge on any atom is -0.455 e. The molecule has 1 aliphatic carbocycles. The molecule has 7 heteroatoms. The van der Waals surface area contributed by atoms with Crippen LogP contribution in [0.25, 0.3) is 0 Å². The zero-order valence-electron chi connectivity index (χ0n) is 22.5. The summed E-state index contributed by atoms with van der Waals surface area (Å²) in [6, 6.07) is 0. The number of hydrogen-bond donors (Lipinski definition) is 0. The number of unbranched alkanes of at least 4 members (excludes halogenated alkanes) is 5. The van der Waals surface area contributed by atoms with E-state index in [1.54, 1.807) is 0 Å². The van der Waals surface area contributed by atoms with Gasteiger partial charge in [0.15, 0.2) is 6.29 Å². The molecule has 1 unspecified atom stereocenters. The first-order valence-corrected chi connectivity index (χ1v) is 15.6. The Balaban J connectivity index is 1.84. The van der Waals surface area contributed by atoms with E-state index < -0.39 is 0 Å². The molecule has 0 aromatic heterocycles. The van der Waals surface area contributed by atoms with Crippen molar-refractivity contribution in [3.8, 4) is 0 Å². The fourth-order valence-electron chi connectivity index (χ4n) is 5.15. The van der Waals surface area contributed by atoms with Crippen LogP contribution >= 0.6 is 11.8 Å². The monoisotopic (exact) mass is 524 g/mol. The molecular formula is C29H48O6S. The van der Waals surface area contributed by atoms with E-state index in [1.807, 2.05) is 6.26 Å². The summed E-state index contributed by atoms with van der Waals surface area (Å²) in [7, 11) is 0. The SMILES string of the molecule is CCCCCCCC(=O)CC[C@H]1[C@H](OC2CCCCO2)CC(=O)[C@@H]1CC=CCCCC(=O)OCSC. The largest absolute Gasteiger partial charge is 0.455 e. The van der Waals surface area contributed by atoms with Gasteiger partial charge < -0.3 is 14.2 Å². The fourth-order valence-corrected chi connectivity index (χ4v) is 5.40. The predicted octanol–water partition coefficient (Wildman–Crippen LogP) is 6.79. The first-order valence-electron chi connectivity index (χ1n) is 14.2. The maximum absolute atomic E-state index is 13.0. The van der Waals surface area contributed by atoms with Gasteiger partial charge in [0.2, 0.25) is 0 Å². The van der Waals surface area contributed by atoms with Crippen molar-refractivity contribution in [1.82, 2.24) is 0 Å². The number of allylic oxidation sites excluding steroid dienone is 2. The number of carbonyl (C=O) groups is 3. The number of ketones is 2. The van der Waals surface area contributed by atoms with Crippen LogP contribution in [0, 0.1) is 11.8 Å². The van der Waals surface area contributed by atoms with Gasteiger partial charge in [-0.1, -0.05) is 44.8 Å². The third-order valence-corrected chi connectivity index (χ3v) is 7.59. The van der Waals surface area contributed by atoms with Crippen LogP contribution in [-0.4, -0.2) is 48.7 Å². The van der Waals surface area contributed by atoms with E-state index in [0.29, 0.717) is 56.9 Å². The van der Waals surface area contributed by atoms with Gasteiger partial charge in [-0.25, -0.2) is 0 Å². The van der Waals surface area contributed by atoms with Crippen molar-refractivity contribution in [1.29, 1.82) is 0 Å². The minimum atomic E-state index is -0.228. The molecule has 0 bridgehead atoms. The molecule has 0 amide bonds. The van der Waals surface area contributed by atoms with Crippen LogP contribution in [0.3, 0.4) is 0 Å². The zero-order valence-corrected chi connectivity index (χ0v) is 23.4. The third kappa shape index (κ3) is 12.4. The molecule has 0 aromatic rings. The summed E-state index contributed by atoms with van der Waals surface area (Å²) < 4.78 is 17.2. The summed E-state index contributed by atoms with van der Waals surface area (Å²) in [6.07, 6.45) is 19.3. The van der Waals surface area contributed by atoms with Crippen molar-refractivity contribution in [2.24, 2.45) is 11.8 Å². The number of Topliss-reactive ketones (excluding diaryl/α,β-unsaturated/α-hetero) is 2. The molecule has 0 N–H and O–H groups in total. The third-order valence-electron chi connectivity index (χ3n) is 7.24. The van der Waals surface area contributed by atoms with E-state index >= 15 is 0 Å². The number of rotatable bonds is 19. The highest BCUT2D eigenvalue weighted by Crippen LogP contribution is 2.38. The summed E-state index contributed by atoms with van der Waals surface area (Å²) in [5, 5.41) is 0. The molecular weight excluding hydrogens is 476 g/mol. The molecule has 1 heterocycles. The fraction of sp³-hybridized carbons (Fsp3) is 0.828. The van der Waals surface area contributed by atoms with Gasteiger partial charge in [0.1, 0.15) is 17.5 Å². The first-order chi connectivity index (χ1) is 17.5. The molecule has 0 radical (unpaired) electrons. The normalized spacial score (nSPS) is 24.4. The number of hydrogen-bond acceptors (Lipinski definition) is 7. The van der Waals surface area contributed by atoms with E-state index in [9.17, 15) is 14.4 Å². The van der Waals surface area contributed by atoms with Crippen LogP contribution in [0.2, 0.25) is 0 Å². The van der Waals surface area contributed by atoms with Crippen LogP contribution in [0.1, 0.15) is 110 Å². The molecule has 1 saturated heterocycles. The lowest BCUT2D eigenvalue weighted by atomic mass is 9.86. The predicted molar refractivity (Wildman–Crippen MR) is 145 cm³/mol. The van der Waals surface area contributed by atoms with Crippen molar-refractivity contribution in [3.63, 3.8) is 0 Å². The molecule has 2 rings (SSSR count). The highest BCUT2D eigenvalue weighted by Gasteiger charge is 2.43. The smallest absolute Gasteiger partial charge is 0.306 e. The van der Waals surface area contributed by atoms with Crippen molar-refractivity contribution >= 4 is 29.3 Å². The maximum atomic E-state index is 13.0. The number of esters is 1. The highest BCUT2D eigenvalue weighted by atomic mass is 32.2. The lowest BCUT2D eigenvalue weighted by molar-refractivity contribution is -0.196. The first kappa shape index (κ1) is 31.0. The van der Waals surface area contributed by atoms with E-state index in [1.165, 1.54) is 31.0 Å². The summed E-state index contributed by atoms with van der Waals surface area (Å²) in [5.41, 5.74) is 0. The van der Waals surface area contributed by atoms with Gasteiger partial charge in [-0.2, -0.15) is 0 Å². The second kappa shape index (κ2) is 19.0. The van der Waals surface area contributed by atoms with Gasteiger partial charge in [-0.15, -0.1) is 11.8 Å². The number of ether oxygens (including phenoxy) is 3. The molecule has 0 spiro atoms. The van der Waals surface area contributed by atoms with Gasteiger partial charge in [0.05, 0.1) is 6.10 Å². The van der Waals surface area contributed by atoms with Crippen LogP contribution < -0.4 is 0 Å². The Labute approximate surface area is 222 Å². The quantitative estimate of drug-likeness (QED) is 0.0796. The molecule has 1 aliphatic heterocycles. The van der Waals surface area contributed by atoms with Crippen LogP contribution in [0.4, 0.5) is 0 Å². The van der Waals surface area contributed by atoms with Crippen LogP contribution in [-0.2, 0) is 28.6 Å². The lowest BCUT2D eigenvalue weighted by Gasteiger charge is -2.29. The second-order valence-electron chi connectivity index (χ2n) is 10.2. The molecule has 2 fully saturated rings. The molecule has 1 saturated carbocycles. The van der Waals surface area contributed by atoms with E-state index in [-0.39, 0.29) is 36.0 Å². The van der Waals surface area contributed by atoms with Gasteiger partial charge in [-0.05, 0) is 63.5 Å². The van der Waals surface area contributed by atoms with E-state index in [4.69, 9.17) is 14.2 Å². The number of thioether (sulfide) groups is 1. The Morgan fingerprint density at radius 1 is 1.06 bits per heavy atom. The molecule has 2 aliphatic rings. The summed E-state index contributed by atoms with van der Waals surface area (Å²) in [4.78, 5) is 37.1. The highest BCUT2D eigenvalue weighted by molar-refractivity contribution is 7.98. The molecule has 36 heavy (non-hydrogen) atoms. The van der Waals surface area contributed by atoms with Crippen LogP contribution in [0.15, 0.2) is 12.2 Å². The zero-order chi connectivity index (χ0) is 26.0. The van der Waals surface area contributed by atoms with Crippen molar-refractivity contribution in [3.05, 3.63) is 12.2 Å². The topological polar surface area (TPSA) is 78.9 Å². The molecule has 6 nitrogen and oxygen atoms in total. The summed E-state index contributed by atoms with van der Waals surface area (Å²) in [5.74, 6) is 0.719. The Morgan fingerprint density at radius 2 is 1.89 bits per heavy atom. The Kier molecular flexibility index (Phi) is 16.4. The molecule has 206 valence electrons. The summed E-state index contributed by atoms with van der Waals surface area (Å²) in [6.45, 7) is 2.91. The van der Waals surface area contributed by atoms with Gasteiger partial charge in [0.25, 0.3) is 0 Å². The van der Waals surface area contributed by atoms with Gasteiger partial charge in [-0.3, -0.25) is 14.4 Å². The Hall–Kier alpha value is -1.18. The Bertz CT molecular complexity index is 673. The number of carbonyl (C=O) groups excluding carboxylic acids is 3. The molecule has 4 atom stereocenters.